The summed E-state index contributed by atoms with van der Waals surface area (Å²) in [6.07, 6.45) is 0. The molecule has 2 aromatic rings. The van der Waals surface area contributed by atoms with Crippen LogP contribution in [-0.4, -0.2) is 26.0 Å². The van der Waals surface area contributed by atoms with Crippen molar-refractivity contribution < 1.29 is 9.90 Å². The zero-order valence-electron chi connectivity index (χ0n) is 8.91. The normalized spacial score (nSPS) is 10.4. The van der Waals surface area contributed by atoms with Crippen LogP contribution in [0.5, 0.6) is 0 Å². The van der Waals surface area contributed by atoms with Gasteiger partial charge in [-0.2, -0.15) is 0 Å². The molecule has 0 amide bonds. The van der Waals surface area contributed by atoms with E-state index in [2.05, 4.69) is 15.0 Å². The molecule has 0 aromatic carbocycles. The summed E-state index contributed by atoms with van der Waals surface area (Å²) in [6, 6.07) is 1.19. The maximum Gasteiger partial charge on any atom is 0.365 e. The van der Waals surface area contributed by atoms with Gasteiger partial charge < -0.3 is 15.8 Å². The fourth-order valence-corrected chi connectivity index (χ4v) is 2.67. The molecule has 0 radical (unpaired) electrons. The first-order chi connectivity index (χ1) is 8.54. The molecular formula is C9H8N4O3S2. The lowest BCUT2D eigenvalue weighted by Gasteiger charge is -1.99. The van der Waals surface area contributed by atoms with Crippen LogP contribution in [0.1, 0.15) is 15.5 Å². The number of carboxylic acids is 1. The number of aromatic amines is 1. The summed E-state index contributed by atoms with van der Waals surface area (Å²) in [6.45, 7) is 0. The fourth-order valence-electron chi connectivity index (χ4n) is 1.14. The molecule has 2 heterocycles. The topological polar surface area (TPSA) is 122 Å². The van der Waals surface area contributed by atoms with Gasteiger partial charge in [0.1, 0.15) is 5.82 Å². The first kappa shape index (κ1) is 12.6. The fraction of sp³-hybridized carbons (Fsp3) is 0.111. The van der Waals surface area contributed by atoms with E-state index in [4.69, 9.17) is 10.8 Å². The van der Waals surface area contributed by atoms with Crippen LogP contribution >= 0.6 is 23.1 Å². The van der Waals surface area contributed by atoms with Gasteiger partial charge in [0.15, 0.2) is 5.16 Å². The van der Waals surface area contributed by atoms with Crippen LogP contribution < -0.4 is 11.3 Å². The molecule has 9 heteroatoms. The van der Waals surface area contributed by atoms with Crippen molar-refractivity contribution >= 4 is 34.9 Å². The monoisotopic (exact) mass is 284 g/mol. The van der Waals surface area contributed by atoms with E-state index >= 15 is 0 Å². The molecule has 0 aliphatic heterocycles. The number of nitrogens with two attached hydrogens (primary N) is 1. The van der Waals surface area contributed by atoms with Crippen LogP contribution in [0.4, 0.5) is 5.82 Å². The second kappa shape index (κ2) is 5.19. The number of carboxylic acid groups (broad SMARTS) is 1. The molecule has 18 heavy (non-hydrogen) atoms. The summed E-state index contributed by atoms with van der Waals surface area (Å²) in [5.41, 5.74) is 5.73. The van der Waals surface area contributed by atoms with Crippen LogP contribution in [0.25, 0.3) is 0 Å². The Kier molecular flexibility index (Phi) is 3.63. The predicted octanol–water partition coefficient (Wildman–Crippen LogP) is 0.799. The Morgan fingerprint density at radius 3 is 2.94 bits per heavy atom. The second-order valence-electron chi connectivity index (χ2n) is 3.21. The lowest BCUT2D eigenvalue weighted by Crippen LogP contribution is -2.09. The van der Waals surface area contributed by atoms with E-state index in [0.717, 1.165) is 11.3 Å². The molecule has 7 nitrogen and oxygen atoms in total. The van der Waals surface area contributed by atoms with Crippen LogP contribution in [0.15, 0.2) is 21.4 Å². The molecule has 2 rings (SSSR count). The van der Waals surface area contributed by atoms with Crippen molar-refractivity contribution in [1.82, 2.24) is 15.0 Å². The smallest absolute Gasteiger partial charge is 0.365 e. The maximum atomic E-state index is 11.1. The van der Waals surface area contributed by atoms with Crippen molar-refractivity contribution in [2.75, 3.05) is 5.73 Å². The Labute approximate surface area is 109 Å². The first-order valence-corrected chi connectivity index (χ1v) is 6.58. The highest BCUT2D eigenvalue weighted by molar-refractivity contribution is 7.98. The van der Waals surface area contributed by atoms with E-state index in [-0.39, 0.29) is 16.4 Å². The molecule has 0 fully saturated rings. The van der Waals surface area contributed by atoms with Crippen molar-refractivity contribution in [3.05, 3.63) is 32.5 Å². The predicted molar refractivity (Wildman–Crippen MR) is 67.9 cm³/mol. The summed E-state index contributed by atoms with van der Waals surface area (Å²) in [5.74, 6) is -0.492. The number of H-pyrrole nitrogens is 1. The van der Waals surface area contributed by atoms with Gasteiger partial charge in [0, 0.05) is 17.2 Å². The Bertz CT molecular complexity index is 637. The number of hydrogen-bond donors (Lipinski definition) is 3. The molecule has 0 saturated carbocycles. The summed E-state index contributed by atoms with van der Waals surface area (Å²) in [7, 11) is 0. The Hall–Kier alpha value is -1.87. The van der Waals surface area contributed by atoms with Crippen LogP contribution in [0.2, 0.25) is 0 Å². The molecular weight excluding hydrogens is 276 g/mol. The second-order valence-corrected chi connectivity index (χ2v) is 5.04. The molecule has 4 N–H and O–H groups in total. The van der Waals surface area contributed by atoms with Crippen molar-refractivity contribution in [1.29, 1.82) is 0 Å². The Morgan fingerprint density at radius 2 is 2.33 bits per heavy atom. The Morgan fingerprint density at radius 1 is 1.56 bits per heavy atom. The third-order valence-electron chi connectivity index (χ3n) is 1.83. The van der Waals surface area contributed by atoms with Gasteiger partial charge in [-0.05, 0) is 0 Å². The molecule has 0 atom stereocenters. The van der Waals surface area contributed by atoms with E-state index < -0.39 is 5.97 Å². The number of aromatic nitrogens is 3. The van der Waals surface area contributed by atoms with Crippen molar-refractivity contribution in [3.8, 4) is 0 Å². The summed E-state index contributed by atoms with van der Waals surface area (Å²) >= 11 is 2.29. The van der Waals surface area contributed by atoms with Crippen molar-refractivity contribution in [3.63, 3.8) is 0 Å². The zero-order valence-corrected chi connectivity index (χ0v) is 10.5. The number of rotatable bonds is 4. The van der Waals surface area contributed by atoms with Crippen molar-refractivity contribution in [2.45, 2.75) is 10.9 Å². The van der Waals surface area contributed by atoms with E-state index in [9.17, 15) is 9.59 Å². The highest BCUT2D eigenvalue weighted by Crippen LogP contribution is 2.20. The molecule has 0 unspecified atom stereocenters. The minimum Gasteiger partial charge on any atom is -0.476 e. The van der Waals surface area contributed by atoms with Gasteiger partial charge in [0.2, 0.25) is 5.01 Å². The number of thioether (sulfide) groups is 1. The van der Waals surface area contributed by atoms with Crippen LogP contribution in [0.3, 0.4) is 0 Å². The van der Waals surface area contributed by atoms with Gasteiger partial charge in [-0.15, -0.1) is 11.3 Å². The number of nitrogens with zero attached hydrogens (tertiary/aromatic N) is 2. The van der Waals surface area contributed by atoms with E-state index in [1.54, 1.807) is 5.38 Å². The van der Waals surface area contributed by atoms with E-state index in [1.807, 2.05) is 0 Å². The molecule has 0 spiro atoms. The first-order valence-electron chi connectivity index (χ1n) is 4.72. The quantitative estimate of drug-likeness (QED) is 0.560. The summed E-state index contributed by atoms with van der Waals surface area (Å²) in [5, 5.41) is 10.8. The standard InChI is InChI=1S/C9H8N4O3S2/c10-5-1-6(14)13-9(12-5)18-3-4-2-17-7(11-4)8(15)16/h1-2H,3H2,(H,15,16)(H3,10,12,13,14). The number of thiazole rings is 1. The molecule has 94 valence electrons. The molecule has 0 aliphatic rings. The number of hydrogen-bond acceptors (Lipinski definition) is 7. The minimum atomic E-state index is -1.05. The maximum absolute atomic E-state index is 11.1. The highest BCUT2D eigenvalue weighted by Gasteiger charge is 2.09. The lowest BCUT2D eigenvalue weighted by atomic mass is 10.6. The molecule has 0 bridgehead atoms. The van der Waals surface area contributed by atoms with E-state index in [0.29, 0.717) is 16.6 Å². The summed E-state index contributed by atoms with van der Waals surface area (Å²) in [4.78, 5) is 32.2. The minimum absolute atomic E-state index is 0.0413. The van der Waals surface area contributed by atoms with Gasteiger partial charge in [0.05, 0.1) is 5.69 Å². The number of aromatic carboxylic acids is 1. The molecule has 0 aliphatic carbocycles. The molecule has 0 saturated heterocycles. The van der Waals surface area contributed by atoms with Crippen molar-refractivity contribution in [2.24, 2.45) is 0 Å². The largest absolute Gasteiger partial charge is 0.476 e. The van der Waals surface area contributed by atoms with Crippen LogP contribution in [0, 0.1) is 0 Å². The van der Waals surface area contributed by atoms with Gasteiger partial charge in [-0.25, -0.2) is 14.8 Å². The number of anilines is 1. The van der Waals surface area contributed by atoms with Gasteiger partial charge in [-0.1, -0.05) is 11.8 Å². The van der Waals surface area contributed by atoms with Gasteiger partial charge in [0.25, 0.3) is 5.56 Å². The Balaban J connectivity index is 2.06. The highest BCUT2D eigenvalue weighted by atomic mass is 32.2. The number of nitrogens with one attached hydrogen (secondary N) is 1. The zero-order chi connectivity index (χ0) is 13.1. The SMILES string of the molecule is Nc1cc(=O)[nH]c(SCc2csc(C(=O)O)n2)n1. The average molecular weight is 284 g/mol. The average Bonchev–Trinajstić information content (AvgIpc) is 2.73. The lowest BCUT2D eigenvalue weighted by molar-refractivity contribution is 0.0696. The number of carbonyl (C=O) groups is 1. The van der Waals surface area contributed by atoms with Gasteiger partial charge in [-0.3, -0.25) is 4.79 Å². The third-order valence-corrected chi connectivity index (χ3v) is 3.62. The van der Waals surface area contributed by atoms with E-state index in [1.165, 1.54) is 17.8 Å². The number of nitrogen functional groups attached to an aromatic ring is 1. The summed E-state index contributed by atoms with van der Waals surface area (Å²) < 4.78 is 0. The van der Waals surface area contributed by atoms with Crippen LogP contribution in [-0.2, 0) is 5.75 Å². The third kappa shape index (κ3) is 3.08. The molecule has 2 aromatic heterocycles. The van der Waals surface area contributed by atoms with Gasteiger partial charge >= 0.3 is 5.97 Å².